The van der Waals surface area contributed by atoms with Crippen molar-refractivity contribution in [2.45, 2.75) is 38.4 Å². The third-order valence-corrected chi connectivity index (χ3v) is 5.56. The minimum absolute atomic E-state index is 0.00735. The summed E-state index contributed by atoms with van der Waals surface area (Å²) < 4.78 is 5.62. The fourth-order valence-electron chi connectivity index (χ4n) is 3.88. The molecule has 150 valence electrons. The quantitative estimate of drug-likeness (QED) is 0.815. The van der Waals surface area contributed by atoms with Gasteiger partial charge in [-0.2, -0.15) is 0 Å². The van der Waals surface area contributed by atoms with Crippen LogP contribution in [0, 0.1) is 0 Å². The third kappa shape index (κ3) is 4.48. The van der Waals surface area contributed by atoms with E-state index in [0.29, 0.717) is 12.4 Å². The van der Waals surface area contributed by atoms with E-state index in [1.807, 2.05) is 18.2 Å². The van der Waals surface area contributed by atoms with Crippen molar-refractivity contribution in [1.82, 2.24) is 19.9 Å². The zero-order chi connectivity index (χ0) is 19.3. The first-order valence-electron chi connectivity index (χ1n) is 10.3. The normalized spacial score (nSPS) is 21.8. The molecule has 0 aliphatic carbocycles. The van der Waals surface area contributed by atoms with Crippen molar-refractivity contribution in [2.24, 2.45) is 0 Å². The van der Waals surface area contributed by atoms with Gasteiger partial charge in [-0.3, -0.25) is 9.88 Å². The molecule has 7 nitrogen and oxygen atoms in total. The lowest BCUT2D eigenvalue weighted by molar-refractivity contribution is -0.0190. The molecule has 0 radical (unpaired) electrons. The first-order chi connectivity index (χ1) is 13.7. The van der Waals surface area contributed by atoms with Crippen LogP contribution < -0.4 is 4.90 Å². The van der Waals surface area contributed by atoms with Gasteiger partial charge in [0, 0.05) is 57.3 Å². The van der Waals surface area contributed by atoms with E-state index in [-0.39, 0.29) is 6.10 Å². The van der Waals surface area contributed by atoms with Crippen molar-refractivity contribution in [3.05, 3.63) is 36.2 Å². The molecule has 0 bridgehead atoms. The summed E-state index contributed by atoms with van der Waals surface area (Å²) >= 11 is 0. The maximum Gasteiger partial charge on any atom is 0.180 e. The number of aromatic nitrogens is 3. The molecule has 2 atom stereocenters. The van der Waals surface area contributed by atoms with Gasteiger partial charge in [0.1, 0.15) is 11.5 Å². The van der Waals surface area contributed by atoms with Gasteiger partial charge in [-0.1, -0.05) is 13.0 Å². The summed E-state index contributed by atoms with van der Waals surface area (Å²) in [4.78, 5) is 18.5. The molecule has 4 heterocycles. The van der Waals surface area contributed by atoms with Crippen molar-refractivity contribution < 1.29 is 9.84 Å². The predicted octanol–water partition coefficient (Wildman–Crippen LogP) is 1.76. The molecule has 2 aliphatic heterocycles. The van der Waals surface area contributed by atoms with E-state index in [0.717, 1.165) is 69.3 Å². The Morgan fingerprint density at radius 1 is 1.21 bits per heavy atom. The molecule has 0 aromatic carbocycles. The van der Waals surface area contributed by atoms with Crippen molar-refractivity contribution >= 4 is 5.82 Å². The summed E-state index contributed by atoms with van der Waals surface area (Å²) in [5.74, 6) is 1.65. The van der Waals surface area contributed by atoms with Gasteiger partial charge in [0.05, 0.1) is 12.2 Å². The van der Waals surface area contributed by atoms with Crippen molar-refractivity contribution in [1.29, 1.82) is 0 Å². The molecule has 0 amide bonds. The highest BCUT2D eigenvalue weighted by atomic mass is 16.5. The lowest BCUT2D eigenvalue weighted by atomic mass is 10.1. The van der Waals surface area contributed by atoms with Crippen LogP contribution in [0.1, 0.15) is 25.5 Å². The smallest absolute Gasteiger partial charge is 0.180 e. The summed E-state index contributed by atoms with van der Waals surface area (Å²) in [6.45, 7) is 7.17. The van der Waals surface area contributed by atoms with Crippen molar-refractivity contribution in [2.75, 3.05) is 44.2 Å². The van der Waals surface area contributed by atoms with Crippen molar-refractivity contribution in [3.8, 4) is 11.5 Å². The van der Waals surface area contributed by atoms with Gasteiger partial charge in [0.25, 0.3) is 0 Å². The Morgan fingerprint density at radius 3 is 2.75 bits per heavy atom. The zero-order valence-corrected chi connectivity index (χ0v) is 16.5. The average molecular weight is 383 g/mol. The average Bonchev–Trinajstić information content (AvgIpc) is 3.30. The van der Waals surface area contributed by atoms with Crippen LogP contribution >= 0.6 is 0 Å². The Labute approximate surface area is 166 Å². The molecule has 2 saturated heterocycles. The second kappa shape index (κ2) is 8.94. The van der Waals surface area contributed by atoms with Gasteiger partial charge >= 0.3 is 0 Å². The fraction of sp³-hybridized carbons (Fsp3) is 0.571. The van der Waals surface area contributed by atoms with Gasteiger partial charge in [0.2, 0.25) is 0 Å². The second-order valence-electron chi connectivity index (χ2n) is 7.52. The lowest BCUT2D eigenvalue weighted by Gasteiger charge is -2.37. The number of hydrogen-bond donors (Lipinski definition) is 1. The van der Waals surface area contributed by atoms with Gasteiger partial charge in [-0.15, -0.1) is 0 Å². The Bertz CT molecular complexity index is 759. The van der Waals surface area contributed by atoms with Crippen LogP contribution in [-0.4, -0.2) is 76.5 Å². The highest BCUT2D eigenvalue weighted by Gasteiger charge is 2.27. The van der Waals surface area contributed by atoms with Crippen LogP contribution in [0.25, 0.3) is 11.5 Å². The first kappa shape index (κ1) is 19.2. The molecule has 2 aromatic heterocycles. The van der Waals surface area contributed by atoms with E-state index in [1.54, 1.807) is 6.20 Å². The number of hydrogen-bond acceptors (Lipinski definition) is 7. The molecule has 2 fully saturated rings. The standard InChI is InChI=1S/C21H29N5O2/c1-2-16-14-20(24-21(23-16)17-6-3-4-8-22-17)26-11-9-25(10-12-26)15-18(27)19-7-5-13-28-19/h3-4,6,8,14,18-19,27H,2,5,7,9-13,15H2,1H3/t18-,19+/m1/s1. The number of piperazine rings is 1. The molecule has 0 spiro atoms. The number of pyridine rings is 1. The lowest BCUT2D eigenvalue weighted by Crippen LogP contribution is -2.50. The monoisotopic (exact) mass is 383 g/mol. The fourth-order valence-corrected chi connectivity index (χ4v) is 3.88. The second-order valence-corrected chi connectivity index (χ2v) is 7.52. The molecular weight excluding hydrogens is 354 g/mol. The summed E-state index contributed by atoms with van der Waals surface area (Å²) in [5, 5.41) is 10.4. The van der Waals surface area contributed by atoms with Crippen LogP contribution in [0.15, 0.2) is 30.5 Å². The molecule has 2 aliphatic rings. The van der Waals surface area contributed by atoms with Gasteiger partial charge < -0.3 is 14.7 Å². The molecule has 7 heteroatoms. The molecule has 0 unspecified atom stereocenters. The van der Waals surface area contributed by atoms with Gasteiger partial charge in [-0.25, -0.2) is 9.97 Å². The van der Waals surface area contributed by atoms with Crippen LogP contribution in [-0.2, 0) is 11.2 Å². The van der Waals surface area contributed by atoms with Crippen LogP contribution in [0.2, 0.25) is 0 Å². The number of aliphatic hydroxyl groups excluding tert-OH is 1. The molecule has 4 rings (SSSR count). The zero-order valence-electron chi connectivity index (χ0n) is 16.5. The topological polar surface area (TPSA) is 74.6 Å². The summed E-state index contributed by atoms with van der Waals surface area (Å²) in [5.41, 5.74) is 1.83. The van der Waals surface area contributed by atoms with Crippen molar-refractivity contribution in [3.63, 3.8) is 0 Å². The summed E-state index contributed by atoms with van der Waals surface area (Å²) in [6.07, 6.45) is 4.28. The van der Waals surface area contributed by atoms with E-state index in [4.69, 9.17) is 9.72 Å². The maximum absolute atomic E-state index is 10.4. The number of rotatable bonds is 6. The van der Waals surface area contributed by atoms with Crippen LogP contribution in [0.5, 0.6) is 0 Å². The largest absolute Gasteiger partial charge is 0.389 e. The molecule has 0 saturated carbocycles. The number of aliphatic hydroxyl groups is 1. The number of β-amino-alcohol motifs (C(OH)–C–C–N with tert-alkyl or cyclic N) is 1. The van der Waals surface area contributed by atoms with E-state index < -0.39 is 6.10 Å². The van der Waals surface area contributed by atoms with E-state index in [2.05, 4.69) is 32.8 Å². The van der Waals surface area contributed by atoms with Crippen LogP contribution in [0.4, 0.5) is 5.82 Å². The Hall–Kier alpha value is -2.09. The Kier molecular flexibility index (Phi) is 6.14. The van der Waals surface area contributed by atoms with Crippen LogP contribution in [0.3, 0.4) is 0 Å². The summed E-state index contributed by atoms with van der Waals surface area (Å²) in [7, 11) is 0. The van der Waals surface area contributed by atoms with E-state index in [1.165, 1.54) is 0 Å². The molecule has 1 N–H and O–H groups in total. The molecular formula is C21H29N5O2. The Morgan fingerprint density at radius 2 is 2.07 bits per heavy atom. The maximum atomic E-state index is 10.4. The van der Waals surface area contributed by atoms with Gasteiger partial charge in [0.15, 0.2) is 5.82 Å². The SMILES string of the molecule is CCc1cc(N2CCN(C[C@@H](O)[C@@H]3CCCO3)CC2)nc(-c2ccccn2)n1. The number of anilines is 1. The highest BCUT2D eigenvalue weighted by Crippen LogP contribution is 2.21. The number of ether oxygens (including phenoxy) is 1. The van der Waals surface area contributed by atoms with E-state index in [9.17, 15) is 5.11 Å². The third-order valence-electron chi connectivity index (χ3n) is 5.56. The predicted molar refractivity (Wildman–Crippen MR) is 108 cm³/mol. The summed E-state index contributed by atoms with van der Waals surface area (Å²) in [6, 6.07) is 7.90. The van der Waals surface area contributed by atoms with E-state index >= 15 is 0 Å². The minimum atomic E-state index is -0.393. The minimum Gasteiger partial charge on any atom is -0.389 e. The number of aryl methyl sites for hydroxylation is 1. The number of nitrogens with zero attached hydrogens (tertiary/aromatic N) is 5. The highest BCUT2D eigenvalue weighted by molar-refractivity contribution is 5.54. The molecule has 2 aromatic rings. The van der Waals surface area contributed by atoms with Gasteiger partial charge in [-0.05, 0) is 31.4 Å². The first-order valence-corrected chi connectivity index (χ1v) is 10.3. The Balaban J connectivity index is 1.41. The molecule has 28 heavy (non-hydrogen) atoms.